The molecule has 0 bridgehead atoms. The van der Waals surface area contributed by atoms with Gasteiger partial charge >= 0.3 is 0 Å². The molecule has 0 unspecified atom stereocenters. The zero-order valence-corrected chi connectivity index (χ0v) is 8.16. The Labute approximate surface area is 88.3 Å². The van der Waals surface area contributed by atoms with Gasteiger partial charge in [0, 0.05) is 13.0 Å². The van der Waals surface area contributed by atoms with Gasteiger partial charge in [-0.25, -0.2) is 17.6 Å². The highest BCUT2D eigenvalue weighted by molar-refractivity contribution is 6.30. The number of hydrogen-bond acceptors (Lipinski definition) is 1. The second kappa shape index (κ2) is 4.37. The first-order valence-corrected chi connectivity index (χ1v) is 4.40. The lowest BCUT2D eigenvalue weighted by atomic mass is 10.1. The van der Waals surface area contributed by atoms with Gasteiger partial charge in [0.1, 0.15) is 11.6 Å². The van der Waals surface area contributed by atoms with Gasteiger partial charge in [0.15, 0.2) is 0 Å². The molecule has 0 atom stereocenters. The van der Waals surface area contributed by atoms with Crippen molar-refractivity contribution in [3.8, 4) is 0 Å². The van der Waals surface area contributed by atoms with Crippen molar-refractivity contribution in [1.29, 1.82) is 0 Å². The Kier molecular flexibility index (Phi) is 3.57. The van der Waals surface area contributed by atoms with Crippen LogP contribution in [0.25, 0.3) is 0 Å². The van der Waals surface area contributed by atoms with Crippen LogP contribution in [0.2, 0.25) is 5.02 Å². The summed E-state index contributed by atoms with van der Waals surface area (Å²) in [6, 6.07) is 0.824. The van der Waals surface area contributed by atoms with Crippen LogP contribution in [0.5, 0.6) is 0 Å². The van der Waals surface area contributed by atoms with E-state index in [0.29, 0.717) is 12.1 Å². The highest BCUT2D eigenvalue weighted by Gasteiger charge is 2.34. The number of aliphatic hydroxyl groups excluding tert-OH is 1. The van der Waals surface area contributed by atoms with Gasteiger partial charge in [0.25, 0.3) is 5.92 Å². The van der Waals surface area contributed by atoms with Gasteiger partial charge in [-0.2, -0.15) is 0 Å². The Morgan fingerprint density at radius 1 is 1.20 bits per heavy atom. The fraction of sp³-hybridized carbons (Fsp3) is 0.333. The van der Waals surface area contributed by atoms with Crippen LogP contribution >= 0.6 is 11.6 Å². The highest BCUT2D eigenvalue weighted by atomic mass is 35.5. The molecule has 15 heavy (non-hydrogen) atoms. The summed E-state index contributed by atoms with van der Waals surface area (Å²) in [6.45, 7) is -0.823. The third-order valence-corrected chi connectivity index (χ3v) is 2.12. The van der Waals surface area contributed by atoms with Crippen LogP contribution in [-0.2, 0) is 5.92 Å². The largest absolute Gasteiger partial charge is 0.396 e. The van der Waals surface area contributed by atoms with Gasteiger partial charge < -0.3 is 5.11 Å². The molecule has 0 radical (unpaired) electrons. The Morgan fingerprint density at radius 3 is 2.33 bits per heavy atom. The van der Waals surface area contributed by atoms with Gasteiger partial charge in [-0.1, -0.05) is 11.6 Å². The Hall–Kier alpha value is -0.810. The lowest BCUT2D eigenvalue weighted by Crippen LogP contribution is -2.17. The first-order valence-electron chi connectivity index (χ1n) is 4.02. The molecule has 1 rings (SSSR count). The summed E-state index contributed by atoms with van der Waals surface area (Å²) in [4.78, 5) is 0. The predicted molar refractivity (Wildman–Crippen MR) is 47.0 cm³/mol. The van der Waals surface area contributed by atoms with Crippen LogP contribution in [0.15, 0.2) is 12.1 Å². The highest BCUT2D eigenvalue weighted by Crippen LogP contribution is 2.35. The van der Waals surface area contributed by atoms with Crippen LogP contribution in [-0.4, -0.2) is 11.7 Å². The topological polar surface area (TPSA) is 20.2 Å². The maximum atomic E-state index is 13.1. The van der Waals surface area contributed by atoms with E-state index in [2.05, 4.69) is 0 Å². The van der Waals surface area contributed by atoms with Gasteiger partial charge in [-0.15, -0.1) is 0 Å². The van der Waals surface area contributed by atoms with Crippen molar-refractivity contribution in [2.45, 2.75) is 12.3 Å². The van der Waals surface area contributed by atoms with E-state index in [1.807, 2.05) is 0 Å². The van der Waals surface area contributed by atoms with E-state index in [0.717, 1.165) is 0 Å². The molecule has 0 spiro atoms. The molecule has 84 valence electrons. The molecule has 1 nitrogen and oxygen atoms in total. The summed E-state index contributed by atoms with van der Waals surface area (Å²) in [6.07, 6.45) is -0.967. The van der Waals surface area contributed by atoms with Crippen LogP contribution in [0.4, 0.5) is 17.6 Å². The quantitative estimate of drug-likeness (QED) is 0.638. The lowest BCUT2D eigenvalue weighted by molar-refractivity contribution is -0.0302. The fourth-order valence-corrected chi connectivity index (χ4v) is 1.23. The minimum atomic E-state index is -3.61. The average Bonchev–Trinajstić information content (AvgIpc) is 2.11. The molecule has 6 heteroatoms. The predicted octanol–water partition coefficient (Wildman–Crippen LogP) is 3.09. The summed E-state index contributed by atoms with van der Waals surface area (Å²) < 4.78 is 52.1. The van der Waals surface area contributed by atoms with Crippen molar-refractivity contribution in [1.82, 2.24) is 0 Å². The minimum absolute atomic E-state index is 0.341. The van der Waals surface area contributed by atoms with Crippen molar-refractivity contribution < 1.29 is 22.7 Å². The Morgan fingerprint density at radius 2 is 1.80 bits per heavy atom. The summed E-state index contributed by atoms with van der Waals surface area (Å²) in [5.74, 6) is -6.02. The normalized spacial score (nSPS) is 11.9. The number of hydrogen-bond donors (Lipinski definition) is 1. The van der Waals surface area contributed by atoms with E-state index in [4.69, 9.17) is 16.7 Å². The van der Waals surface area contributed by atoms with E-state index >= 15 is 0 Å². The monoisotopic (exact) mass is 242 g/mol. The van der Waals surface area contributed by atoms with Crippen LogP contribution in [0.1, 0.15) is 12.0 Å². The van der Waals surface area contributed by atoms with Crippen LogP contribution < -0.4 is 0 Å². The van der Waals surface area contributed by atoms with Crippen molar-refractivity contribution in [2.24, 2.45) is 0 Å². The number of alkyl halides is 2. The van der Waals surface area contributed by atoms with Gasteiger partial charge in [-0.3, -0.25) is 0 Å². The standard InChI is InChI=1S/C9H7ClF4O/c10-6-4-7(11)5(3-8(6)12)9(13,14)1-2-15/h3-4,15H,1-2H2. The van der Waals surface area contributed by atoms with E-state index in [-0.39, 0.29) is 0 Å². The molecular formula is C9H7ClF4O. The Balaban J connectivity index is 3.19. The molecule has 0 amide bonds. The van der Waals surface area contributed by atoms with E-state index < -0.39 is 41.2 Å². The van der Waals surface area contributed by atoms with Crippen molar-refractivity contribution in [3.63, 3.8) is 0 Å². The molecule has 0 aliphatic carbocycles. The molecule has 0 heterocycles. The minimum Gasteiger partial charge on any atom is -0.396 e. The SMILES string of the molecule is OCCC(F)(F)c1cc(F)c(Cl)cc1F. The van der Waals surface area contributed by atoms with E-state index in [1.54, 1.807) is 0 Å². The smallest absolute Gasteiger partial charge is 0.278 e. The van der Waals surface area contributed by atoms with Crippen molar-refractivity contribution >= 4 is 11.6 Å². The zero-order valence-electron chi connectivity index (χ0n) is 7.41. The second-order valence-corrected chi connectivity index (χ2v) is 3.33. The third-order valence-electron chi connectivity index (χ3n) is 1.83. The third kappa shape index (κ3) is 2.60. The second-order valence-electron chi connectivity index (χ2n) is 2.92. The van der Waals surface area contributed by atoms with Crippen LogP contribution in [0.3, 0.4) is 0 Å². The molecule has 0 fully saturated rings. The van der Waals surface area contributed by atoms with Crippen molar-refractivity contribution in [2.75, 3.05) is 6.61 Å². The van der Waals surface area contributed by atoms with Gasteiger partial charge in [0.05, 0.1) is 10.6 Å². The molecule has 0 saturated carbocycles. The Bertz CT molecular complexity index is 367. The number of benzene rings is 1. The molecule has 0 aliphatic rings. The molecule has 0 aliphatic heterocycles. The summed E-state index contributed by atoms with van der Waals surface area (Å²) in [5, 5.41) is 7.80. The molecule has 0 saturated heterocycles. The van der Waals surface area contributed by atoms with E-state index in [9.17, 15) is 17.6 Å². The summed E-state index contributed by atoms with van der Waals surface area (Å²) in [5.41, 5.74) is -1.10. The first kappa shape index (κ1) is 12.3. The first-order chi connectivity index (χ1) is 6.88. The van der Waals surface area contributed by atoms with E-state index in [1.165, 1.54) is 0 Å². The zero-order chi connectivity index (χ0) is 11.6. The lowest BCUT2D eigenvalue weighted by Gasteiger charge is -2.16. The summed E-state index contributed by atoms with van der Waals surface area (Å²) >= 11 is 5.20. The molecule has 1 aromatic carbocycles. The molecule has 0 aromatic heterocycles. The van der Waals surface area contributed by atoms with Gasteiger partial charge in [0.2, 0.25) is 0 Å². The molecular weight excluding hydrogens is 236 g/mol. The van der Waals surface area contributed by atoms with Crippen LogP contribution in [0, 0.1) is 11.6 Å². The maximum absolute atomic E-state index is 13.1. The van der Waals surface area contributed by atoms with Gasteiger partial charge in [-0.05, 0) is 12.1 Å². The fourth-order valence-electron chi connectivity index (χ4n) is 1.08. The maximum Gasteiger partial charge on any atom is 0.278 e. The van der Waals surface area contributed by atoms with Crippen molar-refractivity contribution in [3.05, 3.63) is 34.4 Å². The summed E-state index contributed by atoms with van der Waals surface area (Å²) in [7, 11) is 0. The number of rotatable bonds is 3. The molecule has 1 aromatic rings. The average molecular weight is 243 g/mol. The number of halogens is 5. The number of aliphatic hydroxyl groups is 1. The molecule has 1 N–H and O–H groups in total.